The number of aryl methyl sites for hydroxylation is 1. The van der Waals surface area contributed by atoms with Crippen LogP contribution < -0.4 is 11.1 Å². The first kappa shape index (κ1) is 18.9. The molecular formula is C19H17BrN2O5. The molecule has 7 nitrogen and oxygen atoms in total. The summed E-state index contributed by atoms with van der Waals surface area (Å²) in [6, 6.07) is 14.0. The second-order valence-corrected chi connectivity index (χ2v) is 6.78. The first-order valence-corrected chi connectivity index (χ1v) is 9.07. The minimum Gasteiger partial charge on any atom is -0.452 e. The van der Waals surface area contributed by atoms with Crippen molar-refractivity contribution in [3.05, 3.63) is 63.6 Å². The van der Waals surface area contributed by atoms with E-state index >= 15 is 0 Å². The number of carbonyl (C=O) groups excluding carboxylic acids is 2. The molecule has 3 rings (SSSR count). The van der Waals surface area contributed by atoms with Gasteiger partial charge in [0.05, 0.1) is 11.9 Å². The Labute approximate surface area is 163 Å². The molecule has 8 heteroatoms. The molecule has 1 aromatic heterocycles. The van der Waals surface area contributed by atoms with E-state index in [1.165, 1.54) is 11.5 Å². The Morgan fingerprint density at radius 2 is 1.89 bits per heavy atom. The van der Waals surface area contributed by atoms with Crippen molar-refractivity contribution in [1.82, 2.24) is 4.57 Å². The first-order valence-electron chi connectivity index (χ1n) is 8.28. The maximum absolute atomic E-state index is 12.1. The van der Waals surface area contributed by atoms with E-state index in [2.05, 4.69) is 21.2 Å². The number of anilines is 1. The van der Waals surface area contributed by atoms with E-state index in [1.54, 1.807) is 48.5 Å². The molecule has 0 aliphatic heterocycles. The molecule has 1 heterocycles. The summed E-state index contributed by atoms with van der Waals surface area (Å²) in [6.07, 6.45) is -1.02. The second-order valence-electron chi connectivity index (χ2n) is 5.87. The van der Waals surface area contributed by atoms with Crippen molar-refractivity contribution in [2.24, 2.45) is 0 Å². The SMILES string of the molecule is CC(OC(=O)CCn1c(=O)oc2ccccc21)C(=O)Nc1ccc(Br)cc1. The highest BCUT2D eigenvalue weighted by atomic mass is 79.9. The number of para-hydroxylation sites is 2. The average molecular weight is 433 g/mol. The maximum atomic E-state index is 12.1. The predicted octanol–water partition coefficient (Wildman–Crippen LogP) is 3.32. The molecule has 140 valence electrons. The number of rotatable bonds is 6. The molecule has 0 bridgehead atoms. The first-order chi connectivity index (χ1) is 12.9. The molecule has 0 radical (unpaired) electrons. The van der Waals surface area contributed by atoms with Gasteiger partial charge in [-0.15, -0.1) is 0 Å². The molecule has 2 aromatic carbocycles. The zero-order chi connectivity index (χ0) is 19.4. The van der Waals surface area contributed by atoms with E-state index in [1.807, 2.05) is 0 Å². The monoisotopic (exact) mass is 432 g/mol. The van der Waals surface area contributed by atoms with Crippen molar-refractivity contribution in [2.75, 3.05) is 5.32 Å². The fourth-order valence-electron chi connectivity index (χ4n) is 2.52. The lowest BCUT2D eigenvalue weighted by Crippen LogP contribution is -2.30. The second kappa shape index (κ2) is 8.22. The summed E-state index contributed by atoms with van der Waals surface area (Å²) < 4.78 is 12.5. The number of esters is 1. The van der Waals surface area contributed by atoms with E-state index in [-0.39, 0.29) is 13.0 Å². The van der Waals surface area contributed by atoms with Crippen LogP contribution in [0.25, 0.3) is 11.1 Å². The van der Waals surface area contributed by atoms with Crippen LogP contribution in [0.3, 0.4) is 0 Å². The molecule has 0 aliphatic carbocycles. The molecule has 1 N–H and O–H groups in total. The van der Waals surface area contributed by atoms with Crippen molar-refractivity contribution in [1.29, 1.82) is 0 Å². The summed E-state index contributed by atoms with van der Waals surface area (Å²) in [5.41, 5.74) is 1.66. The Kier molecular flexibility index (Phi) is 5.75. The number of amides is 1. The lowest BCUT2D eigenvalue weighted by Gasteiger charge is -2.13. The van der Waals surface area contributed by atoms with E-state index in [0.29, 0.717) is 16.8 Å². The number of aromatic nitrogens is 1. The number of nitrogens with one attached hydrogen (secondary N) is 1. The molecule has 3 aromatic rings. The highest BCUT2D eigenvalue weighted by Gasteiger charge is 2.18. The average Bonchev–Trinajstić information content (AvgIpc) is 2.97. The summed E-state index contributed by atoms with van der Waals surface area (Å²) in [6.45, 7) is 1.60. The summed E-state index contributed by atoms with van der Waals surface area (Å²) in [5, 5.41) is 2.67. The third-order valence-electron chi connectivity index (χ3n) is 3.90. The third-order valence-corrected chi connectivity index (χ3v) is 4.43. The van der Waals surface area contributed by atoms with Crippen LogP contribution in [-0.2, 0) is 20.9 Å². The molecule has 0 fully saturated rings. The number of halogens is 1. The highest BCUT2D eigenvalue weighted by Crippen LogP contribution is 2.15. The predicted molar refractivity (Wildman–Crippen MR) is 103 cm³/mol. The normalized spacial score (nSPS) is 11.9. The Morgan fingerprint density at radius 3 is 2.63 bits per heavy atom. The number of benzene rings is 2. The van der Waals surface area contributed by atoms with E-state index in [0.717, 1.165) is 4.47 Å². The zero-order valence-corrected chi connectivity index (χ0v) is 16.1. The fraction of sp³-hybridized carbons (Fsp3) is 0.211. The number of carbonyl (C=O) groups is 2. The van der Waals surface area contributed by atoms with Gasteiger partial charge in [-0.1, -0.05) is 28.1 Å². The number of ether oxygens (including phenoxy) is 1. The van der Waals surface area contributed by atoms with Gasteiger partial charge in [0.15, 0.2) is 11.7 Å². The van der Waals surface area contributed by atoms with E-state index in [4.69, 9.17) is 9.15 Å². The number of nitrogens with zero attached hydrogens (tertiary/aromatic N) is 1. The van der Waals surface area contributed by atoms with Gasteiger partial charge in [0.2, 0.25) is 0 Å². The van der Waals surface area contributed by atoms with E-state index < -0.39 is 23.7 Å². The van der Waals surface area contributed by atoms with Crippen molar-refractivity contribution in [3.8, 4) is 0 Å². The molecule has 0 saturated heterocycles. The summed E-state index contributed by atoms with van der Waals surface area (Å²) in [5.74, 6) is -1.55. The van der Waals surface area contributed by atoms with Crippen molar-refractivity contribution < 1.29 is 18.7 Å². The third kappa shape index (κ3) is 4.65. The summed E-state index contributed by atoms with van der Waals surface area (Å²) in [7, 11) is 0. The molecule has 0 spiro atoms. The van der Waals surface area contributed by atoms with Crippen LogP contribution in [0.1, 0.15) is 13.3 Å². The maximum Gasteiger partial charge on any atom is 0.419 e. The number of hydrogen-bond donors (Lipinski definition) is 1. The van der Waals surface area contributed by atoms with Gasteiger partial charge in [0, 0.05) is 16.7 Å². The Hall–Kier alpha value is -2.87. The van der Waals surface area contributed by atoms with Gasteiger partial charge in [-0.3, -0.25) is 14.2 Å². The van der Waals surface area contributed by atoms with Crippen LogP contribution in [0.4, 0.5) is 5.69 Å². The lowest BCUT2D eigenvalue weighted by atomic mass is 10.3. The van der Waals surface area contributed by atoms with Gasteiger partial charge in [0.1, 0.15) is 0 Å². The van der Waals surface area contributed by atoms with Gasteiger partial charge in [0.25, 0.3) is 5.91 Å². The van der Waals surface area contributed by atoms with E-state index in [9.17, 15) is 14.4 Å². The van der Waals surface area contributed by atoms with Gasteiger partial charge >= 0.3 is 11.7 Å². The molecule has 0 saturated carbocycles. The molecule has 0 aliphatic rings. The van der Waals surface area contributed by atoms with Crippen molar-refractivity contribution in [2.45, 2.75) is 26.0 Å². The van der Waals surface area contributed by atoms with Crippen LogP contribution >= 0.6 is 15.9 Å². The van der Waals surface area contributed by atoms with Gasteiger partial charge in [-0.05, 0) is 43.3 Å². The van der Waals surface area contributed by atoms with Crippen molar-refractivity contribution >= 4 is 44.6 Å². The highest BCUT2D eigenvalue weighted by molar-refractivity contribution is 9.10. The summed E-state index contributed by atoms with van der Waals surface area (Å²) in [4.78, 5) is 36.1. The van der Waals surface area contributed by atoms with Gasteiger partial charge < -0.3 is 14.5 Å². The molecule has 1 unspecified atom stereocenters. The quantitative estimate of drug-likeness (QED) is 0.603. The zero-order valence-electron chi connectivity index (χ0n) is 14.5. The molecule has 27 heavy (non-hydrogen) atoms. The molecule has 1 atom stereocenters. The molecular weight excluding hydrogens is 416 g/mol. The van der Waals surface area contributed by atoms with Gasteiger partial charge in [-0.2, -0.15) is 0 Å². The standard InChI is InChI=1S/C19H17BrN2O5/c1-12(18(24)21-14-8-6-13(20)7-9-14)26-17(23)10-11-22-15-4-2-3-5-16(15)27-19(22)25/h2-9,12H,10-11H2,1H3,(H,21,24). The Morgan fingerprint density at radius 1 is 1.19 bits per heavy atom. The van der Waals surface area contributed by atoms with Crippen LogP contribution in [0.5, 0.6) is 0 Å². The van der Waals surface area contributed by atoms with Crippen LogP contribution in [0.15, 0.2) is 62.2 Å². The largest absolute Gasteiger partial charge is 0.452 e. The number of oxazole rings is 1. The number of hydrogen-bond acceptors (Lipinski definition) is 5. The topological polar surface area (TPSA) is 90.5 Å². The number of fused-ring (bicyclic) bond motifs is 1. The minimum atomic E-state index is -0.959. The lowest BCUT2D eigenvalue weighted by molar-refractivity contribution is -0.153. The Balaban J connectivity index is 1.55. The van der Waals surface area contributed by atoms with Crippen LogP contribution in [0.2, 0.25) is 0 Å². The van der Waals surface area contributed by atoms with Crippen LogP contribution in [-0.4, -0.2) is 22.5 Å². The minimum absolute atomic E-state index is 0.0562. The van der Waals surface area contributed by atoms with Gasteiger partial charge in [-0.25, -0.2) is 4.79 Å². The van der Waals surface area contributed by atoms with Crippen LogP contribution in [0, 0.1) is 0 Å². The Bertz CT molecular complexity index is 1020. The summed E-state index contributed by atoms with van der Waals surface area (Å²) >= 11 is 3.31. The van der Waals surface area contributed by atoms with Crippen molar-refractivity contribution in [3.63, 3.8) is 0 Å². The fourth-order valence-corrected chi connectivity index (χ4v) is 2.78. The molecule has 1 amide bonds. The smallest absolute Gasteiger partial charge is 0.419 e.